The van der Waals surface area contributed by atoms with Crippen molar-refractivity contribution in [3.8, 4) is 0 Å². The number of aliphatic hydroxyl groups is 1. The fourth-order valence-corrected chi connectivity index (χ4v) is 3.40. The molecule has 2 rings (SSSR count). The van der Waals surface area contributed by atoms with Gasteiger partial charge in [0.2, 0.25) is 0 Å². The van der Waals surface area contributed by atoms with Gasteiger partial charge < -0.3 is 10.4 Å². The minimum Gasteiger partial charge on any atom is -0.395 e. The highest BCUT2D eigenvalue weighted by Crippen LogP contribution is 2.33. The van der Waals surface area contributed by atoms with E-state index in [1.807, 2.05) is 18.3 Å². The zero-order valence-electron chi connectivity index (χ0n) is 9.42. The number of hydrogen-bond donors (Lipinski definition) is 2. The first-order valence-corrected chi connectivity index (χ1v) is 6.50. The molecule has 1 heterocycles. The average molecular weight is 225 g/mol. The molecule has 2 N–H and O–H groups in total. The van der Waals surface area contributed by atoms with Gasteiger partial charge in [0.05, 0.1) is 6.61 Å². The molecule has 0 saturated carbocycles. The fourth-order valence-electron chi connectivity index (χ4n) is 2.13. The summed E-state index contributed by atoms with van der Waals surface area (Å²) in [6.45, 7) is 4.39. The molecule has 1 aromatic heterocycles. The van der Waals surface area contributed by atoms with Gasteiger partial charge in [0.1, 0.15) is 0 Å². The van der Waals surface area contributed by atoms with E-state index >= 15 is 0 Å². The molecule has 84 valence electrons. The second kappa shape index (κ2) is 4.64. The van der Waals surface area contributed by atoms with E-state index in [0.717, 1.165) is 0 Å². The van der Waals surface area contributed by atoms with Crippen LogP contribution in [0.3, 0.4) is 0 Å². The number of rotatable bonds is 4. The van der Waals surface area contributed by atoms with Gasteiger partial charge in [0.15, 0.2) is 0 Å². The highest BCUT2D eigenvalue weighted by molar-refractivity contribution is 7.12. The van der Waals surface area contributed by atoms with E-state index in [1.165, 1.54) is 24.1 Å². The Hall–Kier alpha value is -0.380. The van der Waals surface area contributed by atoms with Crippen LogP contribution in [0.4, 0.5) is 0 Å². The first kappa shape index (κ1) is 11.1. The molecule has 0 radical (unpaired) electrons. The van der Waals surface area contributed by atoms with E-state index < -0.39 is 0 Å². The van der Waals surface area contributed by atoms with Gasteiger partial charge in [0.25, 0.3) is 0 Å². The van der Waals surface area contributed by atoms with Crippen LogP contribution in [0, 0.1) is 0 Å². The quantitative estimate of drug-likeness (QED) is 0.824. The van der Waals surface area contributed by atoms with Crippen molar-refractivity contribution in [3.63, 3.8) is 0 Å². The minimum atomic E-state index is 0.178. The van der Waals surface area contributed by atoms with Crippen LogP contribution in [0.5, 0.6) is 0 Å². The van der Waals surface area contributed by atoms with Crippen molar-refractivity contribution in [1.82, 2.24) is 5.32 Å². The van der Waals surface area contributed by atoms with Crippen LogP contribution in [0.2, 0.25) is 0 Å². The molecule has 2 atom stereocenters. The van der Waals surface area contributed by atoms with Crippen molar-refractivity contribution in [3.05, 3.63) is 21.4 Å². The summed E-state index contributed by atoms with van der Waals surface area (Å²) in [6.07, 6.45) is 3.85. The van der Waals surface area contributed by atoms with Crippen LogP contribution in [0.25, 0.3) is 0 Å². The summed E-state index contributed by atoms with van der Waals surface area (Å²) in [6, 6.07) is 2.88. The second-order valence-corrected chi connectivity index (χ2v) is 5.59. The summed E-state index contributed by atoms with van der Waals surface area (Å²) in [5, 5.41) is 12.4. The third-order valence-corrected chi connectivity index (χ3v) is 4.42. The van der Waals surface area contributed by atoms with E-state index in [4.69, 9.17) is 5.11 Å². The first-order chi connectivity index (χ1) is 7.20. The molecule has 1 unspecified atom stereocenters. The Kier molecular flexibility index (Phi) is 3.44. The second-order valence-electron chi connectivity index (χ2n) is 4.42. The van der Waals surface area contributed by atoms with Crippen LogP contribution >= 0.6 is 11.3 Å². The Bertz CT molecular complexity index is 313. The van der Waals surface area contributed by atoms with Crippen LogP contribution in [-0.2, 0) is 12.8 Å². The SMILES string of the molecule is CC(N[C@@H](C)CO)c1cc2c(s1)CCC2. The van der Waals surface area contributed by atoms with Gasteiger partial charge >= 0.3 is 0 Å². The third-order valence-electron chi connectivity index (χ3n) is 3.00. The molecule has 0 saturated heterocycles. The molecule has 3 heteroatoms. The maximum Gasteiger partial charge on any atom is 0.0582 e. The molecule has 1 aliphatic rings. The van der Waals surface area contributed by atoms with Gasteiger partial charge in [-0.2, -0.15) is 0 Å². The van der Waals surface area contributed by atoms with Gasteiger partial charge in [-0.15, -0.1) is 11.3 Å². The van der Waals surface area contributed by atoms with E-state index in [0.29, 0.717) is 6.04 Å². The van der Waals surface area contributed by atoms with Crippen LogP contribution in [0.1, 0.15) is 41.6 Å². The van der Waals surface area contributed by atoms with Gasteiger partial charge in [-0.3, -0.25) is 0 Å². The summed E-state index contributed by atoms with van der Waals surface area (Å²) < 4.78 is 0. The lowest BCUT2D eigenvalue weighted by atomic mass is 10.2. The van der Waals surface area contributed by atoms with E-state index in [-0.39, 0.29) is 12.6 Å². The maximum absolute atomic E-state index is 8.99. The lowest BCUT2D eigenvalue weighted by Crippen LogP contribution is -2.31. The molecule has 1 aliphatic carbocycles. The number of aryl methyl sites for hydroxylation is 2. The zero-order chi connectivity index (χ0) is 10.8. The highest BCUT2D eigenvalue weighted by Gasteiger charge is 2.18. The highest BCUT2D eigenvalue weighted by atomic mass is 32.1. The molecule has 1 aromatic rings. The first-order valence-electron chi connectivity index (χ1n) is 5.69. The summed E-state index contributed by atoms with van der Waals surface area (Å²) in [4.78, 5) is 3.00. The molecule has 0 fully saturated rings. The largest absolute Gasteiger partial charge is 0.395 e. The Balaban J connectivity index is 2.03. The number of nitrogens with one attached hydrogen (secondary N) is 1. The van der Waals surface area contributed by atoms with E-state index in [9.17, 15) is 0 Å². The van der Waals surface area contributed by atoms with E-state index in [2.05, 4.69) is 18.3 Å². The van der Waals surface area contributed by atoms with Gasteiger partial charge in [-0.1, -0.05) is 0 Å². The Morgan fingerprint density at radius 1 is 1.47 bits per heavy atom. The van der Waals surface area contributed by atoms with Crippen molar-refractivity contribution in [2.45, 2.75) is 45.2 Å². The molecule has 0 bridgehead atoms. The fraction of sp³-hybridized carbons (Fsp3) is 0.667. The number of fused-ring (bicyclic) bond motifs is 1. The van der Waals surface area contributed by atoms with Crippen molar-refractivity contribution in [2.24, 2.45) is 0 Å². The normalized spacial score (nSPS) is 18.9. The molecule has 0 amide bonds. The standard InChI is InChI=1S/C12H19NOS/c1-8(7-14)13-9(2)12-6-10-4-3-5-11(10)15-12/h6,8-9,13-14H,3-5,7H2,1-2H3/t8-,9?/m0/s1. The lowest BCUT2D eigenvalue weighted by Gasteiger charge is -2.16. The zero-order valence-corrected chi connectivity index (χ0v) is 10.2. The molecular formula is C12H19NOS. The Morgan fingerprint density at radius 3 is 2.93 bits per heavy atom. The summed E-state index contributed by atoms with van der Waals surface area (Å²) >= 11 is 1.94. The average Bonchev–Trinajstić information content (AvgIpc) is 2.76. The number of aliphatic hydroxyl groups excluding tert-OH is 1. The molecule has 2 nitrogen and oxygen atoms in total. The number of thiophene rings is 1. The summed E-state index contributed by atoms with van der Waals surface area (Å²) in [7, 11) is 0. The molecule has 0 aromatic carbocycles. The van der Waals surface area contributed by atoms with Crippen molar-refractivity contribution < 1.29 is 5.11 Å². The predicted octanol–water partition coefficient (Wildman–Crippen LogP) is 2.27. The van der Waals surface area contributed by atoms with Gasteiger partial charge in [-0.25, -0.2) is 0 Å². The topological polar surface area (TPSA) is 32.3 Å². The van der Waals surface area contributed by atoms with Crippen molar-refractivity contribution in [1.29, 1.82) is 0 Å². The molecule has 15 heavy (non-hydrogen) atoms. The minimum absolute atomic E-state index is 0.178. The summed E-state index contributed by atoms with van der Waals surface area (Å²) in [5.41, 5.74) is 1.56. The lowest BCUT2D eigenvalue weighted by molar-refractivity contribution is 0.243. The maximum atomic E-state index is 8.99. The molecule has 0 spiro atoms. The van der Waals surface area contributed by atoms with Crippen LogP contribution < -0.4 is 5.32 Å². The Labute approximate surface area is 95.3 Å². The van der Waals surface area contributed by atoms with Crippen molar-refractivity contribution >= 4 is 11.3 Å². The van der Waals surface area contributed by atoms with Gasteiger partial charge in [-0.05, 0) is 44.7 Å². The molecule has 0 aliphatic heterocycles. The monoisotopic (exact) mass is 225 g/mol. The third kappa shape index (κ3) is 2.41. The van der Waals surface area contributed by atoms with Gasteiger partial charge in [0, 0.05) is 21.8 Å². The van der Waals surface area contributed by atoms with E-state index in [1.54, 1.807) is 10.4 Å². The van der Waals surface area contributed by atoms with Crippen molar-refractivity contribution in [2.75, 3.05) is 6.61 Å². The van der Waals surface area contributed by atoms with Crippen LogP contribution in [0.15, 0.2) is 6.07 Å². The smallest absolute Gasteiger partial charge is 0.0582 e. The predicted molar refractivity (Wildman–Crippen MR) is 64.4 cm³/mol. The Morgan fingerprint density at radius 2 is 2.27 bits per heavy atom. The molecular weight excluding hydrogens is 206 g/mol. The summed E-state index contributed by atoms with van der Waals surface area (Å²) in [5.74, 6) is 0. The van der Waals surface area contributed by atoms with Crippen LogP contribution in [-0.4, -0.2) is 17.8 Å². The number of hydrogen-bond acceptors (Lipinski definition) is 3.